The molecule has 0 fully saturated rings. The van der Waals surface area contributed by atoms with Crippen molar-refractivity contribution >= 4 is 11.9 Å². The van der Waals surface area contributed by atoms with Gasteiger partial charge in [-0.1, -0.05) is 58.3 Å². The zero-order chi connectivity index (χ0) is 17.8. The number of hydrogen-bond acceptors (Lipinski definition) is 3. The van der Waals surface area contributed by atoms with Gasteiger partial charge in [0.1, 0.15) is 11.9 Å². The van der Waals surface area contributed by atoms with Gasteiger partial charge in [0.2, 0.25) is 0 Å². The number of nitrogens with zero attached hydrogens (tertiary/aromatic N) is 2. The zero-order valence-electron chi connectivity index (χ0n) is 14.6. The minimum Gasteiger partial charge on any atom is -0.481 e. The Labute approximate surface area is 143 Å². The quantitative estimate of drug-likeness (QED) is 0.499. The summed E-state index contributed by atoms with van der Waals surface area (Å²) in [6.07, 6.45) is 14.3. The second-order valence-corrected chi connectivity index (χ2v) is 6.28. The number of imidazole rings is 1. The largest absolute Gasteiger partial charge is 0.481 e. The highest BCUT2D eigenvalue weighted by atomic mass is 16.4. The predicted molar refractivity (Wildman–Crippen MR) is 92.1 cm³/mol. The summed E-state index contributed by atoms with van der Waals surface area (Å²) in [6, 6.07) is -1.08. The van der Waals surface area contributed by atoms with Crippen molar-refractivity contribution in [3.05, 3.63) is 18.2 Å². The van der Waals surface area contributed by atoms with Crippen LogP contribution < -0.4 is 0 Å². The minimum atomic E-state index is -1.14. The Morgan fingerprint density at radius 1 is 1.04 bits per heavy atom. The lowest BCUT2D eigenvalue weighted by Gasteiger charge is -2.15. The van der Waals surface area contributed by atoms with Gasteiger partial charge in [0.05, 0.1) is 6.42 Å². The molecule has 1 atom stereocenters. The predicted octanol–water partition coefficient (Wildman–Crippen LogP) is 4.06. The van der Waals surface area contributed by atoms with Crippen molar-refractivity contribution in [2.24, 2.45) is 0 Å². The molecule has 136 valence electrons. The van der Waals surface area contributed by atoms with Gasteiger partial charge in [0, 0.05) is 18.8 Å². The van der Waals surface area contributed by atoms with Crippen LogP contribution in [0.25, 0.3) is 0 Å². The Bertz CT molecular complexity index is 499. The van der Waals surface area contributed by atoms with E-state index < -0.39 is 24.4 Å². The summed E-state index contributed by atoms with van der Waals surface area (Å²) in [5.41, 5.74) is 0. The van der Waals surface area contributed by atoms with E-state index in [0.29, 0.717) is 12.2 Å². The molecular formula is C18H30N2O4. The van der Waals surface area contributed by atoms with E-state index in [0.717, 1.165) is 12.8 Å². The standard InChI is InChI=1S/C18H30N2O4/c1-2-3-4-5-6-7-8-9-10-11-16-19-12-13-20(16)15(18(23)24)14-17(21)22/h12-13,15H,2-11,14H2,1H3,(H,21,22)(H,23,24). The maximum absolute atomic E-state index is 11.3. The topological polar surface area (TPSA) is 92.4 Å². The normalized spacial score (nSPS) is 12.2. The highest BCUT2D eigenvalue weighted by molar-refractivity contribution is 5.79. The molecule has 0 aliphatic carbocycles. The Morgan fingerprint density at radius 3 is 2.17 bits per heavy atom. The lowest BCUT2D eigenvalue weighted by Crippen LogP contribution is -2.23. The maximum Gasteiger partial charge on any atom is 0.327 e. The van der Waals surface area contributed by atoms with Crippen molar-refractivity contribution in [2.45, 2.75) is 83.6 Å². The van der Waals surface area contributed by atoms with Crippen LogP contribution in [-0.4, -0.2) is 31.7 Å². The third-order valence-corrected chi connectivity index (χ3v) is 4.24. The molecule has 0 amide bonds. The molecule has 1 aromatic heterocycles. The second-order valence-electron chi connectivity index (χ2n) is 6.28. The lowest BCUT2D eigenvalue weighted by molar-refractivity contribution is -0.147. The van der Waals surface area contributed by atoms with Gasteiger partial charge in [0.25, 0.3) is 0 Å². The van der Waals surface area contributed by atoms with Gasteiger partial charge >= 0.3 is 11.9 Å². The molecule has 6 heteroatoms. The first-order valence-corrected chi connectivity index (χ1v) is 9.02. The third kappa shape index (κ3) is 7.62. The average molecular weight is 338 g/mol. The van der Waals surface area contributed by atoms with Gasteiger partial charge in [-0.3, -0.25) is 4.79 Å². The van der Waals surface area contributed by atoms with Gasteiger partial charge in [0.15, 0.2) is 0 Å². The lowest BCUT2D eigenvalue weighted by atomic mass is 10.1. The van der Waals surface area contributed by atoms with E-state index in [1.807, 2.05) is 0 Å². The first-order chi connectivity index (χ1) is 11.6. The molecule has 1 heterocycles. The Morgan fingerprint density at radius 2 is 1.62 bits per heavy atom. The number of unbranched alkanes of at least 4 members (excludes halogenated alkanes) is 8. The van der Waals surface area contributed by atoms with Crippen molar-refractivity contribution in [1.82, 2.24) is 9.55 Å². The maximum atomic E-state index is 11.3. The molecule has 0 aliphatic heterocycles. The van der Waals surface area contributed by atoms with Crippen molar-refractivity contribution in [3.8, 4) is 0 Å². The third-order valence-electron chi connectivity index (χ3n) is 4.24. The molecule has 0 saturated heterocycles. The van der Waals surface area contributed by atoms with Gasteiger partial charge in [-0.2, -0.15) is 0 Å². The van der Waals surface area contributed by atoms with E-state index in [1.165, 1.54) is 49.5 Å². The number of aliphatic carboxylic acids is 2. The summed E-state index contributed by atoms with van der Waals surface area (Å²) in [6.45, 7) is 2.22. The summed E-state index contributed by atoms with van der Waals surface area (Å²) >= 11 is 0. The molecule has 0 saturated carbocycles. The molecule has 6 nitrogen and oxygen atoms in total. The monoisotopic (exact) mass is 338 g/mol. The molecule has 24 heavy (non-hydrogen) atoms. The van der Waals surface area contributed by atoms with Crippen LogP contribution in [0.15, 0.2) is 12.4 Å². The number of aromatic nitrogens is 2. The smallest absolute Gasteiger partial charge is 0.327 e. The summed E-state index contributed by atoms with van der Waals surface area (Å²) < 4.78 is 1.49. The minimum absolute atomic E-state index is 0.434. The molecule has 0 bridgehead atoms. The molecule has 0 spiro atoms. The van der Waals surface area contributed by atoms with Gasteiger partial charge in [-0.15, -0.1) is 0 Å². The number of carboxylic acids is 2. The van der Waals surface area contributed by atoms with E-state index in [9.17, 15) is 14.7 Å². The Balaban J connectivity index is 2.32. The molecule has 1 rings (SSSR count). The van der Waals surface area contributed by atoms with E-state index in [-0.39, 0.29) is 0 Å². The van der Waals surface area contributed by atoms with Crippen LogP contribution in [0.2, 0.25) is 0 Å². The van der Waals surface area contributed by atoms with Crippen LogP contribution >= 0.6 is 0 Å². The number of aryl methyl sites for hydroxylation is 1. The van der Waals surface area contributed by atoms with Gasteiger partial charge < -0.3 is 14.8 Å². The van der Waals surface area contributed by atoms with Crippen LogP contribution in [-0.2, 0) is 16.0 Å². The van der Waals surface area contributed by atoms with Crippen LogP contribution in [0.4, 0.5) is 0 Å². The summed E-state index contributed by atoms with van der Waals surface area (Å²) in [5, 5.41) is 18.1. The van der Waals surface area contributed by atoms with Crippen LogP contribution in [0.3, 0.4) is 0 Å². The Kier molecular flexibility index (Phi) is 9.80. The van der Waals surface area contributed by atoms with E-state index in [2.05, 4.69) is 11.9 Å². The fraction of sp³-hybridized carbons (Fsp3) is 0.722. The molecule has 0 aromatic carbocycles. The van der Waals surface area contributed by atoms with E-state index in [4.69, 9.17) is 5.11 Å². The first-order valence-electron chi connectivity index (χ1n) is 9.02. The van der Waals surface area contributed by atoms with Crippen LogP contribution in [0.5, 0.6) is 0 Å². The number of carboxylic acid groups (broad SMARTS) is 2. The number of rotatable bonds is 14. The van der Waals surface area contributed by atoms with Crippen LogP contribution in [0, 0.1) is 0 Å². The van der Waals surface area contributed by atoms with Crippen LogP contribution in [0.1, 0.15) is 83.0 Å². The SMILES string of the molecule is CCCCCCCCCCCc1nccn1C(CC(=O)O)C(=O)O. The molecule has 2 N–H and O–H groups in total. The summed E-state index contributed by atoms with van der Waals surface area (Å²) in [7, 11) is 0. The van der Waals surface area contributed by atoms with Crippen molar-refractivity contribution < 1.29 is 19.8 Å². The molecular weight excluding hydrogens is 308 g/mol. The fourth-order valence-corrected chi connectivity index (χ4v) is 2.89. The average Bonchev–Trinajstić information content (AvgIpc) is 2.98. The van der Waals surface area contributed by atoms with Gasteiger partial charge in [-0.05, 0) is 6.42 Å². The first kappa shape index (κ1) is 20.2. The van der Waals surface area contributed by atoms with Crippen molar-refractivity contribution in [1.29, 1.82) is 0 Å². The van der Waals surface area contributed by atoms with Crippen molar-refractivity contribution in [3.63, 3.8) is 0 Å². The highest BCUT2D eigenvalue weighted by Gasteiger charge is 2.24. The Hall–Kier alpha value is -1.85. The second kappa shape index (κ2) is 11.6. The molecule has 1 unspecified atom stereocenters. The molecule has 0 aliphatic rings. The summed E-state index contributed by atoms with van der Waals surface area (Å²) in [5.74, 6) is -1.60. The number of hydrogen-bond donors (Lipinski definition) is 2. The van der Waals surface area contributed by atoms with Gasteiger partial charge in [-0.25, -0.2) is 9.78 Å². The zero-order valence-corrected chi connectivity index (χ0v) is 14.6. The fourth-order valence-electron chi connectivity index (χ4n) is 2.89. The molecule has 0 radical (unpaired) electrons. The van der Waals surface area contributed by atoms with E-state index >= 15 is 0 Å². The highest BCUT2D eigenvalue weighted by Crippen LogP contribution is 2.17. The number of carbonyl (C=O) groups is 2. The van der Waals surface area contributed by atoms with E-state index in [1.54, 1.807) is 12.4 Å². The van der Waals surface area contributed by atoms with Crippen molar-refractivity contribution in [2.75, 3.05) is 0 Å². The summed E-state index contributed by atoms with van der Waals surface area (Å²) in [4.78, 5) is 26.3. The molecule has 1 aromatic rings.